The van der Waals surface area contributed by atoms with Gasteiger partial charge in [0.25, 0.3) is 5.91 Å². The molecule has 124 valence electrons. The van der Waals surface area contributed by atoms with Crippen molar-refractivity contribution in [1.82, 2.24) is 15.1 Å². The van der Waals surface area contributed by atoms with Crippen LogP contribution in [0.25, 0.3) is 0 Å². The van der Waals surface area contributed by atoms with Crippen LogP contribution < -0.4 is 10.1 Å². The van der Waals surface area contributed by atoms with Crippen LogP contribution in [0.4, 0.5) is 0 Å². The predicted octanol–water partition coefficient (Wildman–Crippen LogP) is 3.14. The molecular formula is C17H22ClN3O2. The fourth-order valence-corrected chi connectivity index (χ4v) is 2.47. The standard InChI is InChI=1S/C17H22ClN3O2/c1-4-23-14-9-7-13(8-10-14)6-5-11-19-17(22)16-15(18)12(2)21(3)20-16/h7-10H,4-6,11H2,1-3H3,(H,19,22). The molecule has 5 nitrogen and oxygen atoms in total. The molecule has 0 radical (unpaired) electrons. The highest BCUT2D eigenvalue weighted by Gasteiger charge is 2.17. The molecule has 1 aromatic heterocycles. The van der Waals surface area contributed by atoms with Crippen LogP contribution in [0.15, 0.2) is 24.3 Å². The minimum absolute atomic E-state index is 0.231. The average molecular weight is 336 g/mol. The van der Waals surface area contributed by atoms with Gasteiger partial charge in [-0.25, -0.2) is 0 Å². The van der Waals surface area contributed by atoms with Gasteiger partial charge in [-0.05, 0) is 44.4 Å². The number of amides is 1. The maximum atomic E-state index is 12.1. The molecule has 0 aliphatic rings. The lowest BCUT2D eigenvalue weighted by atomic mass is 10.1. The molecule has 2 rings (SSSR count). The number of halogens is 1. The highest BCUT2D eigenvalue weighted by Crippen LogP contribution is 2.19. The zero-order valence-electron chi connectivity index (χ0n) is 13.7. The minimum Gasteiger partial charge on any atom is -0.494 e. The maximum Gasteiger partial charge on any atom is 0.273 e. The van der Waals surface area contributed by atoms with Crippen molar-refractivity contribution in [2.75, 3.05) is 13.2 Å². The van der Waals surface area contributed by atoms with Gasteiger partial charge in [0.2, 0.25) is 0 Å². The lowest BCUT2D eigenvalue weighted by Crippen LogP contribution is -2.25. The number of carbonyl (C=O) groups excluding carboxylic acids is 1. The number of hydrogen-bond acceptors (Lipinski definition) is 3. The largest absolute Gasteiger partial charge is 0.494 e. The fourth-order valence-electron chi connectivity index (χ4n) is 2.22. The van der Waals surface area contributed by atoms with Crippen molar-refractivity contribution in [1.29, 1.82) is 0 Å². The third-order valence-electron chi connectivity index (χ3n) is 3.64. The number of ether oxygens (including phenoxy) is 1. The van der Waals surface area contributed by atoms with Gasteiger partial charge in [0.05, 0.1) is 17.3 Å². The van der Waals surface area contributed by atoms with Gasteiger partial charge in [-0.1, -0.05) is 23.7 Å². The molecule has 1 heterocycles. The average Bonchev–Trinajstić information content (AvgIpc) is 2.81. The number of nitrogens with one attached hydrogen (secondary N) is 1. The highest BCUT2D eigenvalue weighted by atomic mass is 35.5. The van der Waals surface area contributed by atoms with Crippen LogP contribution in [0.2, 0.25) is 5.02 Å². The van der Waals surface area contributed by atoms with Crippen molar-refractivity contribution in [3.05, 3.63) is 46.2 Å². The summed E-state index contributed by atoms with van der Waals surface area (Å²) < 4.78 is 7.02. The van der Waals surface area contributed by atoms with Crippen LogP contribution in [0, 0.1) is 6.92 Å². The first-order chi connectivity index (χ1) is 11.0. The molecule has 1 aromatic carbocycles. The second kappa shape index (κ2) is 8.02. The van der Waals surface area contributed by atoms with Gasteiger partial charge in [-0.15, -0.1) is 0 Å². The third-order valence-corrected chi connectivity index (χ3v) is 4.09. The molecule has 0 bridgehead atoms. The number of carbonyl (C=O) groups is 1. The van der Waals surface area contributed by atoms with E-state index in [0.29, 0.717) is 18.2 Å². The highest BCUT2D eigenvalue weighted by molar-refractivity contribution is 6.34. The molecule has 0 saturated heterocycles. The molecule has 2 aromatic rings. The molecule has 0 saturated carbocycles. The Kier molecular flexibility index (Phi) is 6.04. The monoisotopic (exact) mass is 335 g/mol. The van der Waals surface area contributed by atoms with Gasteiger partial charge < -0.3 is 10.1 Å². The second-order valence-corrected chi connectivity index (χ2v) is 5.69. The third kappa shape index (κ3) is 4.48. The Morgan fingerprint density at radius 2 is 2.04 bits per heavy atom. The Balaban J connectivity index is 1.78. The molecule has 6 heteroatoms. The van der Waals surface area contributed by atoms with E-state index in [2.05, 4.69) is 10.4 Å². The summed E-state index contributed by atoms with van der Waals surface area (Å²) in [5, 5.41) is 7.40. The zero-order chi connectivity index (χ0) is 16.8. The summed E-state index contributed by atoms with van der Waals surface area (Å²) in [6.45, 7) is 5.04. The minimum atomic E-state index is -0.231. The van der Waals surface area contributed by atoms with E-state index in [0.717, 1.165) is 24.3 Å². The van der Waals surface area contributed by atoms with Crippen molar-refractivity contribution in [2.24, 2.45) is 7.05 Å². The summed E-state index contributed by atoms with van der Waals surface area (Å²) in [6, 6.07) is 8.03. The van der Waals surface area contributed by atoms with Crippen LogP contribution >= 0.6 is 11.6 Å². The number of aryl methyl sites for hydroxylation is 2. The number of aromatic nitrogens is 2. The molecule has 0 aliphatic heterocycles. The van der Waals surface area contributed by atoms with Gasteiger partial charge in [-0.3, -0.25) is 9.48 Å². The Morgan fingerprint density at radius 1 is 1.35 bits per heavy atom. The van der Waals surface area contributed by atoms with Gasteiger partial charge in [-0.2, -0.15) is 5.10 Å². The second-order valence-electron chi connectivity index (χ2n) is 5.31. The Labute approximate surface area is 141 Å². The van der Waals surface area contributed by atoms with Crippen molar-refractivity contribution < 1.29 is 9.53 Å². The SMILES string of the molecule is CCOc1ccc(CCCNC(=O)c2nn(C)c(C)c2Cl)cc1. The quantitative estimate of drug-likeness (QED) is 0.791. The summed E-state index contributed by atoms with van der Waals surface area (Å²) in [7, 11) is 1.77. The number of rotatable bonds is 7. The number of nitrogens with zero attached hydrogens (tertiary/aromatic N) is 2. The lowest BCUT2D eigenvalue weighted by molar-refractivity contribution is 0.0947. The molecular weight excluding hydrogens is 314 g/mol. The van der Waals surface area contributed by atoms with Crippen molar-refractivity contribution in [3.8, 4) is 5.75 Å². The van der Waals surface area contributed by atoms with Crippen LogP contribution in [0.5, 0.6) is 5.75 Å². The van der Waals surface area contributed by atoms with Crippen LogP contribution in [0.3, 0.4) is 0 Å². The number of benzene rings is 1. The summed E-state index contributed by atoms with van der Waals surface area (Å²) >= 11 is 6.10. The molecule has 0 spiro atoms. The van der Waals surface area contributed by atoms with Gasteiger partial charge in [0, 0.05) is 13.6 Å². The summed E-state index contributed by atoms with van der Waals surface area (Å²) in [5.41, 5.74) is 2.29. The van der Waals surface area contributed by atoms with Crippen LogP contribution in [-0.4, -0.2) is 28.8 Å². The smallest absolute Gasteiger partial charge is 0.273 e. The van der Waals surface area contributed by atoms with E-state index in [1.807, 2.05) is 38.1 Å². The zero-order valence-corrected chi connectivity index (χ0v) is 14.5. The van der Waals surface area contributed by atoms with E-state index in [-0.39, 0.29) is 11.6 Å². The van der Waals surface area contributed by atoms with Gasteiger partial charge in [0.15, 0.2) is 5.69 Å². The Morgan fingerprint density at radius 3 is 2.61 bits per heavy atom. The molecule has 0 fully saturated rings. The molecule has 0 aliphatic carbocycles. The first-order valence-corrected chi connectivity index (χ1v) is 8.09. The molecule has 1 amide bonds. The van der Waals surface area contributed by atoms with Crippen molar-refractivity contribution in [2.45, 2.75) is 26.7 Å². The van der Waals surface area contributed by atoms with Crippen molar-refractivity contribution >= 4 is 17.5 Å². The van der Waals surface area contributed by atoms with E-state index >= 15 is 0 Å². The van der Waals surface area contributed by atoms with Crippen molar-refractivity contribution in [3.63, 3.8) is 0 Å². The van der Waals surface area contributed by atoms with Crippen LogP contribution in [0.1, 0.15) is 35.1 Å². The molecule has 23 heavy (non-hydrogen) atoms. The maximum absolute atomic E-state index is 12.1. The van der Waals surface area contributed by atoms with Crippen LogP contribution in [-0.2, 0) is 13.5 Å². The van der Waals surface area contributed by atoms with Gasteiger partial charge >= 0.3 is 0 Å². The normalized spacial score (nSPS) is 10.6. The first kappa shape index (κ1) is 17.3. The molecule has 1 N–H and O–H groups in total. The van der Waals surface area contributed by atoms with Gasteiger partial charge in [0.1, 0.15) is 5.75 Å². The Hall–Kier alpha value is -2.01. The van der Waals surface area contributed by atoms with E-state index in [4.69, 9.17) is 16.3 Å². The van der Waals surface area contributed by atoms with E-state index in [1.54, 1.807) is 11.7 Å². The molecule has 0 unspecified atom stereocenters. The first-order valence-electron chi connectivity index (χ1n) is 7.72. The topological polar surface area (TPSA) is 56.1 Å². The van der Waals surface area contributed by atoms with E-state index in [1.165, 1.54) is 5.56 Å². The molecule has 0 atom stereocenters. The predicted molar refractivity (Wildman–Crippen MR) is 91.2 cm³/mol. The van der Waals surface area contributed by atoms with E-state index in [9.17, 15) is 4.79 Å². The number of hydrogen-bond donors (Lipinski definition) is 1. The lowest BCUT2D eigenvalue weighted by Gasteiger charge is -2.06. The summed E-state index contributed by atoms with van der Waals surface area (Å²) in [4.78, 5) is 12.1. The van der Waals surface area contributed by atoms with E-state index < -0.39 is 0 Å². The summed E-state index contributed by atoms with van der Waals surface area (Å²) in [6.07, 6.45) is 1.74. The fraction of sp³-hybridized carbons (Fsp3) is 0.412. The summed E-state index contributed by atoms with van der Waals surface area (Å²) in [5.74, 6) is 0.648. The Bertz CT molecular complexity index is 665.